The van der Waals surface area contributed by atoms with Crippen molar-refractivity contribution in [3.8, 4) is 0 Å². The Morgan fingerprint density at radius 3 is 2.73 bits per heavy atom. The lowest BCUT2D eigenvalue weighted by Gasteiger charge is -2.26. The lowest BCUT2D eigenvalue weighted by atomic mass is 9.84. The molecule has 0 bridgehead atoms. The number of carbonyl (C=O) groups is 1. The zero-order chi connectivity index (χ0) is 19.3. The van der Waals surface area contributed by atoms with Gasteiger partial charge in [0.05, 0.1) is 5.39 Å². The van der Waals surface area contributed by atoms with Crippen LogP contribution in [0.2, 0.25) is 0 Å². The molecule has 1 aromatic carbocycles. The molecule has 6 nitrogen and oxygen atoms in total. The lowest BCUT2D eigenvalue weighted by Crippen LogP contribution is -2.40. The zero-order valence-electron chi connectivity index (χ0n) is 15.7. The molecule has 2 rings (SSSR count). The average Bonchev–Trinajstić information content (AvgIpc) is 2.58. The molecule has 0 saturated carbocycles. The first-order chi connectivity index (χ1) is 12.3. The monoisotopic (exact) mass is 363 g/mol. The summed E-state index contributed by atoms with van der Waals surface area (Å²) in [4.78, 5) is 28.0. The number of amides is 1. The number of likely N-dealkylation sites (N-methyl/N-ethyl adjacent to an activating group) is 1. The van der Waals surface area contributed by atoms with Crippen molar-refractivity contribution in [3.63, 3.8) is 0 Å². The van der Waals surface area contributed by atoms with E-state index in [1.807, 2.05) is 6.92 Å². The fourth-order valence-corrected chi connectivity index (χ4v) is 2.60. The van der Waals surface area contributed by atoms with Crippen molar-refractivity contribution in [3.05, 3.63) is 34.6 Å². The molecule has 26 heavy (non-hydrogen) atoms. The number of carbonyl (C=O) groups excluding carboxylic acids is 1. The van der Waals surface area contributed by atoms with Gasteiger partial charge in [0, 0.05) is 12.6 Å². The van der Waals surface area contributed by atoms with Crippen LogP contribution < -0.4 is 16.4 Å². The van der Waals surface area contributed by atoms with Crippen LogP contribution >= 0.6 is 0 Å². The van der Waals surface area contributed by atoms with Gasteiger partial charge < -0.3 is 15.1 Å². The highest BCUT2D eigenvalue weighted by Crippen LogP contribution is 2.28. The summed E-state index contributed by atoms with van der Waals surface area (Å²) in [7, 11) is 0. The largest absolute Gasteiger partial charge is 0.441 e. The summed E-state index contributed by atoms with van der Waals surface area (Å²) >= 11 is 0. The Hall–Kier alpha value is -2.44. The lowest BCUT2D eigenvalue weighted by molar-refractivity contribution is -0.122. The van der Waals surface area contributed by atoms with E-state index in [2.05, 4.69) is 36.4 Å². The first-order valence-electron chi connectivity index (χ1n) is 8.90. The van der Waals surface area contributed by atoms with Crippen molar-refractivity contribution in [1.29, 1.82) is 0 Å². The Labute approximate surface area is 152 Å². The molecule has 142 valence electrons. The minimum Gasteiger partial charge on any atom is -0.408 e. The normalized spacial score (nSPS) is 12.8. The Bertz CT molecular complexity index is 832. The molecule has 0 fully saturated rings. The predicted octanol–water partition coefficient (Wildman–Crippen LogP) is 3.46. The van der Waals surface area contributed by atoms with E-state index < -0.39 is 17.6 Å². The standard InChI is InChI=1S/C19H26FN3O3/c1-5-19(3,4)10-9-14(17(24)21-6-2)22-16-13-8-7-12(20)11-15(13)26-18(25)23-16/h7-8,11,14H,5-6,9-10H2,1-4H3,(H,21,24)(H,22,23,25)/t14-/m0/s1. The summed E-state index contributed by atoms with van der Waals surface area (Å²) in [6.45, 7) is 8.76. The molecule has 1 heterocycles. The van der Waals surface area contributed by atoms with E-state index in [1.54, 1.807) is 0 Å². The Morgan fingerprint density at radius 2 is 2.08 bits per heavy atom. The summed E-state index contributed by atoms with van der Waals surface area (Å²) in [6.07, 6.45) is 2.40. The van der Waals surface area contributed by atoms with E-state index in [1.165, 1.54) is 12.1 Å². The number of nitrogens with one attached hydrogen (secondary N) is 2. The van der Waals surface area contributed by atoms with Gasteiger partial charge in [0.25, 0.3) is 0 Å². The first-order valence-corrected chi connectivity index (χ1v) is 8.90. The third kappa shape index (κ3) is 5.03. The molecule has 0 unspecified atom stereocenters. The van der Waals surface area contributed by atoms with Gasteiger partial charge in [-0.1, -0.05) is 27.2 Å². The van der Waals surface area contributed by atoms with E-state index in [-0.39, 0.29) is 22.7 Å². The maximum atomic E-state index is 13.4. The van der Waals surface area contributed by atoms with Gasteiger partial charge >= 0.3 is 5.76 Å². The summed E-state index contributed by atoms with van der Waals surface area (Å²) in [6, 6.07) is 3.32. The third-order valence-corrected chi connectivity index (χ3v) is 4.64. The first kappa shape index (κ1) is 19.9. The molecule has 2 aromatic rings. The van der Waals surface area contributed by atoms with Gasteiger partial charge in [-0.15, -0.1) is 0 Å². The SMILES string of the molecule is CCNC(=O)[C@H](CCC(C)(C)CC)Nc1nc(=O)oc2cc(F)ccc12. The number of aromatic nitrogens is 1. The number of benzene rings is 1. The molecule has 0 saturated heterocycles. The molecule has 0 spiro atoms. The second-order valence-corrected chi connectivity index (χ2v) is 7.12. The number of nitrogens with zero attached hydrogens (tertiary/aromatic N) is 1. The van der Waals surface area contributed by atoms with Crippen LogP contribution in [0.1, 0.15) is 47.0 Å². The number of fused-ring (bicyclic) bond motifs is 1. The van der Waals surface area contributed by atoms with E-state index in [0.717, 1.165) is 18.9 Å². The fraction of sp³-hybridized carbons (Fsp3) is 0.526. The van der Waals surface area contributed by atoms with Crippen LogP contribution in [0.25, 0.3) is 11.0 Å². The highest BCUT2D eigenvalue weighted by atomic mass is 19.1. The van der Waals surface area contributed by atoms with Crippen LogP contribution in [0.15, 0.2) is 27.4 Å². The van der Waals surface area contributed by atoms with E-state index >= 15 is 0 Å². The van der Waals surface area contributed by atoms with Crippen molar-refractivity contribution in [2.45, 2.75) is 53.0 Å². The van der Waals surface area contributed by atoms with Crippen LogP contribution in [0, 0.1) is 11.2 Å². The van der Waals surface area contributed by atoms with Gasteiger partial charge in [0.1, 0.15) is 23.3 Å². The van der Waals surface area contributed by atoms with Gasteiger partial charge in [0.2, 0.25) is 5.91 Å². The molecule has 0 radical (unpaired) electrons. The van der Waals surface area contributed by atoms with Crippen LogP contribution in [0.3, 0.4) is 0 Å². The molecule has 1 atom stereocenters. The minimum atomic E-state index is -0.839. The van der Waals surface area contributed by atoms with Gasteiger partial charge in [-0.3, -0.25) is 4.79 Å². The number of rotatable bonds is 8. The van der Waals surface area contributed by atoms with Gasteiger partial charge in [-0.2, -0.15) is 4.98 Å². The summed E-state index contributed by atoms with van der Waals surface area (Å²) in [5, 5.41) is 6.31. The van der Waals surface area contributed by atoms with Crippen LogP contribution in [0.5, 0.6) is 0 Å². The Balaban J connectivity index is 2.34. The topological polar surface area (TPSA) is 84.2 Å². The number of anilines is 1. The number of hydrogen-bond donors (Lipinski definition) is 2. The fourth-order valence-electron chi connectivity index (χ4n) is 2.60. The Kier molecular flexibility index (Phi) is 6.34. The molecule has 1 aromatic heterocycles. The molecule has 0 aliphatic carbocycles. The zero-order valence-corrected chi connectivity index (χ0v) is 15.7. The second kappa shape index (κ2) is 8.29. The molecular weight excluding hydrogens is 337 g/mol. The van der Waals surface area contributed by atoms with Crippen LogP contribution in [-0.4, -0.2) is 23.5 Å². The average molecular weight is 363 g/mol. The summed E-state index contributed by atoms with van der Waals surface area (Å²) < 4.78 is 18.4. The predicted molar refractivity (Wildman–Crippen MR) is 99.6 cm³/mol. The molecule has 0 aliphatic rings. The smallest absolute Gasteiger partial charge is 0.408 e. The van der Waals surface area contributed by atoms with Gasteiger partial charge in [-0.25, -0.2) is 9.18 Å². The molecule has 2 N–H and O–H groups in total. The van der Waals surface area contributed by atoms with Gasteiger partial charge in [-0.05, 0) is 37.3 Å². The highest BCUT2D eigenvalue weighted by molar-refractivity contribution is 5.91. The Morgan fingerprint density at radius 1 is 1.35 bits per heavy atom. The number of hydrogen-bond acceptors (Lipinski definition) is 5. The molecule has 1 amide bonds. The van der Waals surface area contributed by atoms with Crippen molar-refractivity contribution < 1.29 is 13.6 Å². The second-order valence-electron chi connectivity index (χ2n) is 7.12. The minimum absolute atomic E-state index is 0.0936. The molecular formula is C19H26FN3O3. The van der Waals surface area contributed by atoms with Crippen LogP contribution in [-0.2, 0) is 4.79 Å². The highest BCUT2D eigenvalue weighted by Gasteiger charge is 2.24. The van der Waals surface area contributed by atoms with Gasteiger partial charge in [0.15, 0.2) is 0 Å². The van der Waals surface area contributed by atoms with Crippen LogP contribution in [0.4, 0.5) is 10.2 Å². The number of halogens is 1. The maximum Gasteiger partial charge on any atom is 0.441 e. The van der Waals surface area contributed by atoms with E-state index in [4.69, 9.17) is 4.42 Å². The van der Waals surface area contributed by atoms with Crippen molar-refractivity contribution in [2.24, 2.45) is 5.41 Å². The summed E-state index contributed by atoms with van der Waals surface area (Å²) in [5.41, 5.74) is 0.192. The molecule has 0 aliphatic heterocycles. The van der Waals surface area contributed by atoms with E-state index in [9.17, 15) is 14.0 Å². The van der Waals surface area contributed by atoms with E-state index in [0.29, 0.717) is 18.4 Å². The quantitative estimate of drug-likeness (QED) is 0.750. The van der Waals surface area contributed by atoms with Crippen molar-refractivity contribution in [2.75, 3.05) is 11.9 Å². The van der Waals surface area contributed by atoms with Crippen molar-refractivity contribution in [1.82, 2.24) is 10.3 Å². The summed E-state index contributed by atoms with van der Waals surface area (Å²) in [5.74, 6) is -1.29. The van der Waals surface area contributed by atoms with Crippen molar-refractivity contribution >= 4 is 22.7 Å². The molecule has 7 heteroatoms. The maximum absolute atomic E-state index is 13.4. The third-order valence-electron chi connectivity index (χ3n) is 4.64.